The molecule has 0 saturated heterocycles. The lowest BCUT2D eigenvalue weighted by Gasteiger charge is -2.30. The van der Waals surface area contributed by atoms with Gasteiger partial charge in [-0.15, -0.1) is 0 Å². The van der Waals surface area contributed by atoms with Crippen LogP contribution in [0.1, 0.15) is 82.9 Å². The minimum Gasteiger partial charge on any atom is -0.492 e. The molecule has 1 saturated carbocycles. The van der Waals surface area contributed by atoms with Gasteiger partial charge in [-0.05, 0) is 112 Å². The largest absolute Gasteiger partial charge is 0.492 e. The van der Waals surface area contributed by atoms with E-state index in [1.807, 2.05) is 32.9 Å². The average molecular weight is 568 g/mol. The van der Waals surface area contributed by atoms with Gasteiger partial charge in [-0.1, -0.05) is 87.2 Å². The van der Waals surface area contributed by atoms with Crippen molar-refractivity contribution in [2.75, 3.05) is 27.2 Å². The third-order valence-corrected chi connectivity index (χ3v) is 8.30. The molecule has 0 N–H and O–H groups in total. The Kier molecular flexibility index (Phi) is 11.0. The average Bonchev–Trinajstić information content (AvgIpc) is 2.98. The van der Waals surface area contributed by atoms with E-state index in [1.54, 1.807) is 0 Å². The van der Waals surface area contributed by atoms with Crippen molar-refractivity contribution in [1.82, 2.24) is 4.90 Å². The van der Waals surface area contributed by atoms with E-state index >= 15 is 0 Å². The van der Waals surface area contributed by atoms with Gasteiger partial charge >= 0.3 is 5.97 Å². The van der Waals surface area contributed by atoms with Crippen molar-refractivity contribution in [1.29, 1.82) is 0 Å². The molecule has 0 heterocycles. The zero-order chi connectivity index (χ0) is 30.1. The number of allylic oxidation sites excluding steroid dienone is 1. The van der Waals surface area contributed by atoms with Crippen LogP contribution in [0.15, 0.2) is 78.9 Å². The lowest BCUT2D eigenvalue weighted by molar-refractivity contribution is -0.143. The van der Waals surface area contributed by atoms with Crippen molar-refractivity contribution in [3.63, 3.8) is 0 Å². The summed E-state index contributed by atoms with van der Waals surface area (Å²) in [6.45, 7) is 9.48. The van der Waals surface area contributed by atoms with Gasteiger partial charge in [0, 0.05) is 6.54 Å². The Hall–Kier alpha value is -3.37. The molecule has 0 spiro atoms. The second kappa shape index (κ2) is 14.7. The summed E-state index contributed by atoms with van der Waals surface area (Å²) in [6.07, 6.45) is 7.54. The molecule has 1 aliphatic rings. The number of hydrogen-bond donors (Lipinski definition) is 0. The lowest BCUT2D eigenvalue weighted by atomic mass is 9.75. The molecule has 4 heteroatoms. The van der Waals surface area contributed by atoms with Crippen LogP contribution in [-0.4, -0.2) is 38.1 Å². The van der Waals surface area contributed by atoms with E-state index in [2.05, 4.69) is 92.6 Å². The number of carbonyl (C=O) groups is 1. The van der Waals surface area contributed by atoms with Crippen molar-refractivity contribution >= 4 is 17.1 Å². The molecule has 224 valence electrons. The van der Waals surface area contributed by atoms with Crippen molar-refractivity contribution in [3.8, 4) is 11.5 Å². The maximum atomic E-state index is 12.5. The number of nitrogens with zero attached hydrogens (tertiary/aromatic N) is 1. The lowest BCUT2D eigenvalue weighted by Crippen LogP contribution is -2.25. The van der Waals surface area contributed by atoms with Gasteiger partial charge in [0.05, 0.1) is 5.41 Å². The first-order valence-corrected chi connectivity index (χ1v) is 15.6. The van der Waals surface area contributed by atoms with Gasteiger partial charge in [0.15, 0.2) is 0 Å². The molecule has 1 fully saturated rings. The maximum absolute atomic E-state index is 12.5. The zero-order valence-corrected chi connectivity index (χ0v) is 26.5. The second-order valence-electron chi connectivity index (χ2n) is 13.1. The Morgan fingerprint density at radius 1 is 0.810 bits per heavy atom. The predicted molar refractivity (Wildman–Crippen MR) is 175 cm³/mol. The highest BCUT2D eigenvalue weighted by Gasteiger charge is 2.26. The summed E-state index contributed by atoms with van der Waals surface area (Å²) >= 11 is 0. The van der Waals surface area contributed by atoms with Gasteiger partial charge in [0.1, 0.15) is 18.1 Å². The van der Waals surface area contributed by atoms with Crippen LogP contribution in [0.4, 0.5) is 0 Å². The standard InChI is InChI=1S/C38H49NO3/c1-7-28-12-11-13-29(26-28)27-35(30-14-9-8-10-15-30)36(31-16-20-33(21-17-31)41-25-24-39(5)6)32-18-22-34(23-19-32)42-37(40)38(2,3)4/h8-10,14-23,28-29H,7,11-13,24-27H2,1-6H3/b36-35+. The van der Waals surface area contributed by atoms with Crippen LogP contribution in [0.3, 0.4) is 0 Å². The highest BCUT2D eigenvalue weighted by molar-refractivity contribution is 5.98. The monoisotopic (exact) mass is 567 g/mol. The third-order valence-electron chi connectivity index (χ3n) is 8.30. The fourth-order valence-corrected chi connectivity index (χ4v) is 5.78. The molecule has 0 radical (unpaired) electrons. The number of esters is 1. The van der Waals surface area contributed by atoms with Crippen molar-refractivity contribution in [2.24, 2.45) is 17.3 Å². The van der Waals surface area contributed by atoms with Gasteiger partial charge in [0.25, 0.3) is 0 Å². The molecule has 42 heavy (non-hydrogen) atoms. The summed E-state index contributed by atoms with van der Waals surface area (Å²) in [5, 5.41) is 0. The van der Waals surface area contributed by atoms with Gasteiger partial charge in [-0.3, -0.25) is 4.79 Å². The fourth-order valence-electron chi connectivity index (χ4n) is 5.78. The van der Waals surface area contributed by atoms with Crippen molar-refractivity contribution in [3.05, 3.63) is 95.6 Å². The Labute approximate surface area is 253 Å². The number of likely N-dealkylation sites (N-methyl/N-ethyl adjacent to an activating group) is 1. The predicted octanol–water partition coefficient (Wildman–Crippen LogP) is 9.14. The molecule has 2 atom stereocenters. The maximum Gasteiger partial charge on any atom is 0.316 e. The molecule has 4 rings (SSSR count). The van der Waals surface area contributed by atoms with E-state index in [4.69, 9.17) is 9.47 Å². The SMILES string of the molecule is CCC1CCCC(C/C(=C(/c2ccc(OCCN(C)C)cc2)c2ccc(OC(=O)C(C)(C)C)cc2)c2ccccc2)C1. The quantitative estimate of drug-likeness (QED) is 0.132. The fraction of sp³-hybridized carbons (Fsp3) is 0.447. The first-order valence-electron chi connectivity index (χ1n) is 15.6. The minimum atomic E-state index is -0.559. The van der Waals surface area contributed by atoms with Gasteiger partial charge in [0.2, 0.25) is 0 Å². The molecule has 4 nitrogen and oxygen atoms in total. The number of ether oxygens (including phenoxy) is 2. The van der Waals surface area contributed by atoms with Crippen LogP contribution in [0, 0.1) is 17.3 Å². The zero-order valence-electron chi connectivity index (χ0n) is 26.5. The first kappa shape index (κ1) is 31.6. The topological polar surface area (TPSA) is 38.8 Å². The summed E-state index contributed by atoms with van der Waals surface area (Å²) in [4.78, 5) is 14.7. The van der Waals surface area contributed by atoms with E-state index in [0.717, 1.165) is 35.8 Å². The van der Waals surface area contributed by atoms with Crippen molar-refractivity contribution in [2.45, 2.75) is 66.2 Å². The third kappa shape index (κ3) is 8.82. The Bertz CT molecular complexity index is 1300. The smallest absolute Gasteiger partial charge is 0.316 e. The number of carbonyl (C=O) groups excluding carboxylic acids is 1. The highest BCUT2D eigenvalue weighted by atomic mass is 16.5. The van der Waals surface area contributed by atoms with Crippen LogP contribution < -0.4 is 9.47 Å². The summed E-state index contributed by atoms with van der Waals surface area (Å²) < 4.78 is 11.7. The summed E-state index contributed by atoms with van der Waals surface area (Å²) in [5.74, 6) is 2.70. The summed E-state index contributed by atoms with van der Waals surface area (Å²) in [5.41, 5.74) is 5.59. The van der Waals surface area contributed by atoms with E-state index in [9.17, 15) is 4.79 Å². The first-order chi connectivity index (χ1) is 20.1. The van der Waals surface area contributed by atoms with E-state index < -0.39 is 5.41 Å². The van der Waals surface area contributed by atoms with Crippen LogP contribution in [-0.2, 0) is 4.79 Å². The molecule has 3 aromatic carbocycles. The molecule has 1 aliphatic carbocycles. The minimum absolute atomic E-state index is 0.233. The molecular formula is C38H49NO3. The molecule has 2 unspecified atom stereocenters. The van der Waals surface area contributed by atoms with E-state index in [1.165, 1.54) is 48.8 Å². The van der Waals surface area contributed by atoms with Crippen LogP contribution in [0.25, 0.3) is 11.1 Å². The van der Waals surface area contributed by atoms with E-state index in [0.29, 0.717) is 18.3 Å². The number of hydrogen-bond acceptors (Lipinski definition) is 4. The van der Waals surface area contributed by atoms with Crippen LogP contribution in [0.2, 0.25) is 0 Å². The molecular weight excluding hydrogens is 518 g/mol. The number of benzene rings is 3. The molecule has 0 bridgehead atoms. The molecule has 0 amide bonds. The highest BCUT2D eigenvalue weighted by Crippen LogP contribution is 2.42. The Morgan fingerprint density at radius 2 is 1.40 bits per heavy atom. The number of rotatable bonds is 11. The Balaban J connectivity index is 1.77. The van der Waals surface area contributed by atoms with Gasteiger partial charge in [-0.2, -0.15) is 0 Å². The Morgan fingerprint density at radius 3 is 1.98 bits per heavy atom. The second-order valence-corrected chi connectivity index (χ2v) is 13.1. The van der Waals surface area contributed by atoms with Gasteiger partial charge in [-0.25, -0.2) is 0 Å². The normalized spacial score (nSPS) is 18.0. The van der Waals surface area contributed by atoms with Gasteiger partial charge < -0.3 is 14.4 Å². The molecule has 3 aromatic rings. The summed E-state index contributed by atoms with van der Waals surface area (Å²) in [6, 6.07) is 27.4. The molecule has 0 aliphatic heterocycles. The molecule has 0 aromatic heterocycles. The van der Waals surface area contributed by atoms with E-state index in [-0.39, 0.29) is 5.97 Å². The van der Waals surface area contributed by atoms with Crippen molar-refractivity contribution < 1.29 is 14.3 Å². The van der Waals surface area contributed by atoms with Crippen LogP contribution >= 0.6 is 0 Å². The summed E-state index contributed by atoms with van der Waals surface area (Å²) in [7, 11) is 4.11. The van der Waals surface area contributed by atoms with Crippen LogP contribution in [0.5, 0.6) is 11.5 Å².